The highest BCUT2D eigenvalue weighted by molar-refractivity contribution is 5.99. The van der Waals surface area contributed by atoms with Gasteiger partial charge in [0, 0.05) is 42.6 Å². The van der Waals surface area contributed by atoms with Gasteiger partial charge in [-0.1, -0.05) is 45.9 Å². The van der Waals surface area contributed by atoms with Crippen molar-refractivity contribution in [2.75, 3.05) is 0 Å². The lowest BCUT2D eigenvalue weighted by Gasteiger charge is -2.28. The van der Waals surface area contributed by atoms with E-state index < -0.39 is 164 Å². The van der Waals surface area contributed by atoms with Gasteiger partial charge in [-0.05, 0) is 49.1 Å². The van der Waals surface area contributed by atoms with E-state index in [1.807, 2.05) is 18.2 Å². The van der Waals surface area contributed by atoms with Gasteiger partial charge in [-0.3, -0.25) is 52.7 Å². The molecule has 0 unspecified atom stereocenters. The Hall–Kier alpha value is -8.43. The summed E-state index contributed by atoms with van der Waals surface area (Å²) in [5.74, 6) is -16.0. The van der Waals surface area contributed by atoms with E-state index in [2.05, 4.69) is 52.2 Å². The Bertz CT molecular complexity index is 2510. The summed E-state index contributed by atoms with van der Waals surface area (Å²) in [4.78, 5) is 165. The molecule has 8 amide bonds. The summed E-state index contributed by atoms with van der Waals surface area (Å²) in [5.41, 5.74) is 13.4. The Morgan fingerprint density at radius 1 is 0.581 bits per heavy atom. The SMILES string of the molecule is CC(C)C[C@H](NC(=O)[C@H](Cc1c[nH]cn1)NC(=O)[C@H](CC(=O)O)NC(=O)[C@H](CCC(=O)O)NC(=O)[C@H](CCC(=O)O)NC(=O)[C@H](CC(N)=O)NC(=O)[C@@H](NC(=O)[C@@H](N)Cc1c[nH]c2ccccc12)C(C)C)C(=O)O. The lowest BCUT2D eigenvalue weighted by Crippen LogP contribution is -2.61. The highest BCUT2D eigenvalue weighted by atomic mass is 16.4. The summed E-state index contributed by atoms with van der Waals surface area (Å²) >= 11 is 0. The maximum atomic E-state index is 13.9. The second kappa shape index (κ2) is 28.6. The molecule has 0 fully saturated rings. The van der Waals surface area contributed by atoms with Crippen LogP contribution in [0.25, 0.3) is 10.9 Å². The number of aromatic amines is 2. The maximum Gasteiger partial charge on any atom is 0.326 e. The van der Waals surface area contributed by atoms with Crippen molar-refractivity contribution in [2.24, 2.45) is 23.3 Å². The number of aliphatic carboxylic acids is 4. The molecular formula is C46H64N12O16. The Morgan fingerprint density at radius 3 is 1.58 bits per heavy atom. The van der Waals surface area contributed by atoms with E-state index in [0.717, 1.165) is 16.5 Å². The van der Waals surface area contributed by atoms with Crippen LogP contribution in [0.3, 0.4) is 0 Å². The predicted molar refractivity (Wildman–Crippen MR) is 258 cm³/mol. The van der Waals surface area contributed by atoms with Gasteiger partial charge in [-0.2, -0.15) is 0 Å². The van der Waals surface area contributed by atoms with Crippen LogP contribution in [-0.4, -0.2) is 155 Å². The topological polar surface area (TPSA) is 466 Å². The van der Waals surface area contributed by atoms with Crippen molar-refractivity contribution >= 4 is 82.0 Å². The molecule has 3 aromatic rings. The largest absolute Gasteiger partial charge is 0.481 e. The number of rotatable bonds is 32. The molecule has 2 aromatic heterocycles. The van der Waals surface area contributed by atoms with Crippen LogP contribution < -0.4 is 48.7 Å². The molecule has 28 heteroatoms. The van der Waals surface area contributed by atoms with E-state index in [9.17, 15) is 78.0 Å². The fourth-order valence-corrected chi connectivity index (χ4v) is 7.43. The number of fused-ring (bicyclic) bond motifs is 1. The summed E-state index contributed by atoms with van der Waals surface area (Å²) < 4.78 is 0. The van der Waals surface area contributed by atoms with Gasteiger partial charge in [0.15, 0.2) is 0 Å². The number of hydrogen-bond donors (Lipinski definition) is 15. The van der Waals surface area contributed by atoms with Gasteiger partial charge in [0.2, 0.25) is 47.3 Å². The van der Waals surface area contributed by atoms with Crippen molar-refractivity contribution in [1.29, 1.82) is 0 Å². The number of carboxylic acid groups (broad SMARTS) is 4. The lowest BCUT2D eigenvalue weighted by atomic mass is 10.00. The number of amides is 8. The molecule has 404 valence electrons. The smallest absolute Gasteiger partial charge is 0.326 e. The average Bonchev–Trinajstić information content (AvgIpc) is 3.98. The molecule has 3 rings (SSSR count). The van der Waals surface area contributed by atoms with Crippen molar-refractivity contribution in [3.63, 3.8) is 0 Å². The molecule has 0 aliphatic rings. The standard InChI is InChI=1S/C46H64N12O16/c1-21(2)13-33(46(73)74)57-42(69)30(15-24-19-49-20-51-24)54-44(71)32(17-37(64)65)55-41(68)29(10-12-36(62)63)52-40(67)28(9-11-35(60)61)53-43(70)31(16-34(48)59)56-45(72)38(22(3)4)58-39(66)26(47)14-23-18-50-27-8-6-5-7-25(23)27/h5-8,18-22,26,28-33,38,50H,9-17,47H2,1-4H3,(H2,48,59)(H,49,51)(H,52,67)(H,53,70)(H,54,71)(H,55,68)(H,56,72)(H,57,69)(H,58,66)(H,60,61)(H,62,63)(H,64,65)(H,73,74)/t26-,28-,29-,30-,31-,32-,33-,38-/m0/s1. The quantitative estimate of drug-likeness (QED) is 0.0302. The number of nitrogens with one attached hydrogen (secondary N) is 9. The molecule has 0 saturated heterocycles. The fraction of sp³-hybridized carbons (Fsp3) is 0.500. The molecule has 0 saturated carbocycles. The van der Waals surface area contributed by atoms with Gasteiger partial charge in [-0.25, -0.2) is 9.78 Å². The van der Waals surface area contributed by atoms with Crippen LogP contribution in [0.4, 0.5) is 0 Å². The number of benzene rings is 1. The average molecular weight is 1040 g/mol. The Balaban J connectivity index is 1.85. The molecule has 1 aromatic carbocycles. The van der Waals surface area contributed by atoms with Crippen LogP contribution in [0.5, 0.6) is 0 Å². The Morgan fingerprint density at radius 2 is 1.08 bits per heavy atom. The maximum absolute atomic E-state index is 13.9. The third kappa shape index (κ3) is 19.6. The zero-order valence-corrected chi connectivity index (χ0v) is 41.0. The third-order valence-corrected chi connectivity index (χ3v) is 11.2. The highest BCUT2D eigenvalue weighted by Crippen LogP contribution is 2.19. The van der Waals surface area contributed by atoms with Gasteiger partial charge >= 0.3 is 23.9 Å². The van der Waals surface area contributed by atoms with Gasteiger partial charge in [0.25, 0.3) is 0 Å². The first-order valence-corrected chi connectivity index (χ1v) is 23.3. The van der Waals surface area contributed by atoms with Crippen molar-refractivity contribution in [2.45, 2.75) is 134 Å². The normalized spacial score (nSPS) is 14.4. The molecule has 0 spiro atoms. The number of para-hydroxylation sites is 1. The first-order chi connectivity index (χ1) is 34.7. The van der Waals surface area contributed by atoms with Gasteiger partial charge in [0.05, 0.1) is 30.9 Å². The molecule has 17 N–H and O–H groups in total. The van der Waals surface area contributed by atoms with Gasteiger partial charge in [0.1, 0.15) is 42.3 Å². The number of carbonyl (C=O) groups is 12. The van der Waals surface area contributed by atoms with Gasteiger partial charge in [-0.15, -0.1) is 0 Å². The number of carboxylic acids is 4. The number of nitrogens with two attached hydrogens (primary N) is 2. The molecule has 74 heavy (non-hydrogen) atoms. The van der Waals surface area contributed by atoms with E-state index in [0.29, 0.717) is 0 Å². The minimum atomic E-state index is -2.04. The monoisotopic (exact) mass is 1040 g/mol. The van der Waals surface area contributed by atoms with Crippen molar-refractivity contribution in [3.05, 3.63) is 54.2 Å². The summed E-state index contributed by atoms with van der Waals surface area (Å²) in [6.45, 7) is 6.52. The molecule has 0 aliphatic carbocycles. The van der Waals surface area contributed by atoms with E-state index in [1.165, 1.54) is 12.5 Å². The molecular weight excluding hydrogens is 977 g/mol. The zero-order chi connectivity index (χ0) is 55.4. The number of hydrogen-bond acceptors (Lipinski definition) is 14. The van der Waals surface area contributed by atoms with Crippen LogP contribution in [0.1, 0.15) is 83.9 Å². The number of carbonyl (C=O) groups excluding carboxylic acids is 8. The lowest BCUT2D eigenvalue weighted by molar-refractivity contribution is -0.143. The van der Waals surface area contributed by atoms with Crippen molar-refractivity contribution in [1.82, 2.24) is 52.2 Å². The first-order valence-electron chi connectivity index (χ1n) is 23.3. The number of primary amides is 1. The zero-order valence-electron chi connectivity index (χ0n) is 41.0. The molecule has 2 heterocycles. The molecule has 28 nitrogen and oxygen atoms in total. The van der Waals surface area contributed by atoms with Crippen LogP contribution in [0, 0.1) is 11.8 Å². The summed E-state index contributed by atoms with van der Waals surface area (Å²) in [6.07, 6.45) is -1.13. The molecule has 0 aliphatic heterocycles. The Labute approximate surface area is 422 Å². The van der Waals surface area contributed by atoms with E-state index in [4.69, 9.17) is 11.5 Å². The first kappa shape index (κ1) is 59.9. The van der Waals surface area contributed by atoms with Crippen molar-refractivity contribution < 1.29 is 78.0 Å². The summed E-state index contributed by atoms with van der Waals surface area (Å²) in [6, 6.07) is -5.98. The minimum absolute atomic E-state index is 0.0131. The highest BCUT2D eigenvalue weighted by Gasteiger charge is 2.36. The number of aromatic nitrogens is 3. The van der Waals surface area contributed by atoms with Gasteiger partial charge < -0.3 is 79.1 Å². The van der Waals surface area contributed by atoms with E-state index in [1.54, 1.807) is 40.0 Å². The second-order valence-electron chi connectivity index (χ2n) is 18.1. The minimum Gasteiger partial charge on any atom is -0.481 e. The second-order valence-corrected chi connectivity index (χ2v) is 18.1. The number of H-pyrrole nitrogens is 2. The number of imidazole rings is 1. The van der Waals surface area contributed by atoms with Crippen LogP contribution in [0.2, 0.25) is 0 Å². The molecule has 0 radical (unpaired) electrons. The third-order valence-electron chi connectivity index (χ3n) is 11.2. The number of nitrogens with zero attached hydrogens (tertiary/aromatic N) is 1. The van der Waals surface area contributed by atoms with Crippen LogP contribution in [0.15, 0.2) is 43.0 Å². The Kier molecular flexibility index (Phi) is 23.1. The fourth-order valence-electron chi connectivity index (χ4n) is 7.43. The van der Waals surface area contributed by atoms with Crippen molar-refractivity contribution in [3.8, 4) is 0 Å². The molecule has 8 atom stereocenters. The van der Waals surface area contributed by atoms with E-state index in [-0.39, 0.29) is 30.9 Å². The summed E-state index contributed by atoms with van der Waals surface area (Å²) in [5, 5.41) is 55.2. The van der Waals surface area contributed by atoms with E-state index >= 15 is 0 Å². The van der Waals surface area contributed by atoms with Crippen LogP contribution >= 0.6 is 0 Å². The predicted octanol–water partition coefficient (Wildman–Crippen LogP) is -2.74. The van der Waals surface area contributed by atoms with Crippen LogP contribution in [-0.2, 0) is 70.4 Å². The summed E-state index contributed by atoms with van der Waals surface area (Å²) in [7, 11) is 0. The molecule has 0 bridgehead atoms.